The average molecular weight is 179 g/mol. The van der Waals surface area contributed by atoms with Gasteiger partial charge in [-0.1, -0.05) is 0 Å². The lowest BCUT2D eigenvalue weighted by molar-refractivity contribution is 0.131. The van der Waals surface area contributed by atoms with E-state index in [2.05, 4.69) is 4.90 Å². The molecule has 0 aromatic carbocycles. The number of rotatable bonds is 3. The highest BCUT2D eigenvalue weighted by atomic mass is 32.2. The van der Waals surface area contributed by atoms with E-state index in [0.717, 1.165) is 13.1 Å². The molecule has 1 aliphatic heterocycles. The zero-order valence-electron chi connectivity index (χ0n) is 6.52. The van der Waals surface area contributed by atoms with Crippen molar-refractivity contribution in [1.82, 2.24) is 4.90 Å². The second-order valence-corrected chi connectivity index (χ2v) is 4.73. The first-order valence-electron chi connectivity index (χ1n) is 3.61. The molecule has 66 valence electrons. The summed E-state index contributed by atoms with van der Waals surface area (Å²) in [7, 11) is -1.74. The molecule has 0 spiro atoms. The molecule has 1 aliphatic rings. The van der Waals surface area contributed by atoms with Crippen molar-refractivity contribution < 1.29 is 13.0 Å². The third-order valence-electron chi connectivity index (χ3n) is 1.92. The van der Waals surface area contributed by atoms with E-state index in [1.54, 1.807) is 0 Å². The summed E-state index contributed by atoms with van der Waals surface area (Å²) in [6.45, 7) is 1.91. The van der Waals surface area contributed by atoms with Gasteiger partial charge in [-0.2, -0.15) is 8.42 Å². The lowest BCUT2D eigenvalue weighted by atomic mass is 9.99. The molecular weight excluding hydrogens is 166 g/mol. The highest BCUT2D eigenvalue weighted by Crippen LogP contribution is 2.16. The summed E-state index contributed by atoms with van der Waals surface area (Å²) in [5.41, 5.74) is 0. The van der Waals surface area contributed by atoms with E-state index in [4.69, 9.17) is 4.55 Å². The first kappa shape index (κ1) is 8.96. The van der Waals surface area contributed by atoms with Crippen LogP contribution in [0.3, 0.4) is 0 Å². The van der Waals surface area contributed by atoms with Crippen LogP contribution in [0.4, 0.5) is 0 Å². The summed E-state index contributed by atoms with van der Waals surface area (Å²) < 4.78 is 29.0. The van der Waals surface area contributed by atoms with Gasteiger partial charge < -0.3 is 4.90 Å². The van der Waals surface area contributed by atoms with Crippen molar-refractivity contribution in [1.29, 1.82) is 0 Å². The van der Waals surface area contributed by atoms with Crippen molar-refractivity contribution in [3.8, 4) is 0 Å². The van der Waals surface area contributed by atoms with Gasteiger partial charge in [-0.15, -0.1) is 0 Å². The van der Waals surface area contributed by atoms with E-state index in [1.807, 2.05) is 7.05 Å². The van der Waals surface area contributed by atoms with Crippen LogP contribution >= 0.6 is 0 Å². The second-order valence-electron chi connectivity index (χ2n) is 3.16. The Balaban J connectivity index is 2.15. The Hall–Kier alpha value is -0.130. The molecule has 11 heavy (non-hydrogen) atoms. The molecule has 0 bridgehead atoms. The molecular formula is C6H13NO3S. The number of likely N-dealkylation sites (tertiary alicyclic amines) is 1. The predicted octanol–water partition coefficient (Wildman–Crippen LogP) is -0.174. The number of nitrogens with zero attached hydrogens (tertiary/aromatic N) is 1. The van der Waals surface area contributed by atoms with Crippen LogP contribution in [0.25, 0.3) is 0 Å². The lowest BCUT2D eigenvalue weighted by Gasteiger charge is -2.35. The fourth-order valence-corrected chi connectivity index (χ4v) is 1.96. The van der Waals surface area contributed by atoms with Crippen LogP contribution in [0.5, 0.6) is 0 Å². The minimum absolute atomic E-state index is 0.0918. The molecule has 0 atom stereocenters. The fraction of sp³-hybridized carbons (Fsp3) is 1.00. The summed E-state index contributed by atoms with van der Waals surface area (Å²) in [4.78, 5) is 2.12. The van der Waals surface area contributed by atoms with E-state index in [9.17, 15) is 8.42 Å². The molecule has 0 unspecified atom stereocenters. The van der Waals surface area contributed by atoms with E-state index in [-0.39, 0.29) is 5.75 Å². The van der Waals surface area contributed by atoms with Crippen LogP contribution in [-0.2, 0) is 10.1 Å². The SMILES string of the molecule is CN1CC(CCS(=O)(=O)O)C1. The molecule has 1 rings (SSSR count). The van der Waals surface area contributed by atoms with Gasteiger partial charge in [-0.25, -0.2) is 0 Å². The fourth-order valence-electron chi connectivity index (χ4n) is 1.33. The van der Waals surface area contributed by atoms with Crippen molar-refractivity contribution in [2.45, 2.75) is 6.42 Å². The maximum absolute atomic E-state index is 10.3. The molecule has 0 radical (unpaired) electrons. The van der Waals surface area contributed by atoms with Crippen LogP contribution in [0.1, 0.15) is 6.42 Å². The van der Waals surface area contributed by atoms with E-state index >= 15 is 0 Å². The van der Waals surface area contributed by atoms with Gasteiger partial charge in [0.25, 0.3) is 10.1 Å². The molecule has 1 fully saturated rings. The summed E-state index contributed by atoms with van der Waals surface area (Å²) >= 11 is 0. The minimum Gasteiger partial charge on any atom is -0.306 e. The number of hydrogen-bond acceptors (Lipinski definition) is 3. The Kier molecular flexibility index (Phi) is 2.51. The smallest absolute Gasteiger partial charge is 0.264 e. The monoisotopic (exact) mass is 179 g/mol. The van der Waals surface area contributed by atoms with Gasteiger partial charge in [-0.05, 0) is 19.4 Å². The average Bonchev–Trinajstić information content (AvgIpc) is 1.75. The van der Waals surface area contributed by atoms with E-state index < -0.39 is 10.1 Å². The first-order chi connectivity index (χ1) is 4.97. The summed E-state index contributed by atoms with van der Waals surface area (Å²) in [5.74, 6) is 0.368. The zero-order valence-corrected chi connectivity index (χ0v) is 7.34. The topological polar surface area (TPSA) is 57.6 Å². The Morgan fingerprint density at radius 1 is 1.55 bits per heavy atom. The lowest BCUT2D eigenvalue weighted by Crippen LogP contribution is -2.44. The third-order valence-corrected chi connectivity index (χ3v) is 2.68. The van der Waals surface area contributed by atoms with Crippen molar-refractivity contribution in [3.05, 3.63) is 0 Å². The van der Waals surface area contributed by atoms with Gasteiger partial charge in [0.2, 0.25) is 0 Å². The standard InChI is InChI=1S/C6H13NO3S/c1-7-4-6(5-7)2-3-11(8,9)10/h6H,2-5H2,1H3,(H,8,9,10). The van der Waals surface area contributed by atoms with Gasteiger partial charge >= 0.3 is 0 Å². The van der Waals surface area contributed by atoms with Gasteiger partial charge in [-0.3, -0.25) is 4.55 Å². The van der Waals surface area contributed by atoms with E-state index in [1.165, 1.54) is 0 Å². The van der Waals surface area contributed by atoms with Crippen LogP contribution in [0, 0.1) is 5.92 Å². The molecule has 0 aromatic heterocycles. The second kappa shape index (κ2) is 3.08. The van der Waals surface area contributed by atoms with Crippen molar-refractivity contribution >= 4 is 10.1 Å². The van der Waals surface area contributed by atoms with Crippen molar-refractivity contribution in [2.24, 2.45) is 5.92 Å². The Bertz CT molecular complexity index is 218. The van der Waals surface area contributed by atoms with Gasteiger partial charge in [0.1, 0.15) is 0 Å². The molecule has 0 aromatic rings. The van der Waals surface area contributed by atoms with Gasteiger partial charge in [0.05, 0.1) is 5.75 Å². The Morgan fingerprint density at radius 3 is 2.45 bits per heavy atom. The Morgan fingerprint density at radius 2 is 2.09 bits per heavy atom. The minimum atomic E-state index is -3.73. The van der Waals surface area contributed by atoms with Crippen LogP contribution in [-0.4, -0.2) is 43.8 Å². The van der Waals surface area contributed by atoms with Crippen LogP contribution in [0.2, 0.25) is 0 Å². The molecule has 1 heterocycles. The summed E-state index contributed by atoms with van der Waals surface area (Å²) in [6.07, 6.45) is 0.586. The van der Waals surface area contributed by atoms with Gasteiger partial charge in [0, 0.05) is 13.1 Å². The highest BCUT2D eigenvalue weighted by molar-refractivity contribution is 7.85. The normalized spacial score (nSPS) is 21.6. The molecule has 1 N–H and O–H groups in total. The quantitative estimate of drug-likeness (QED) is 0.611. The van der Waals surface area contributed by atoms with Crippen LogP contribution < -0.4 is 0 Å². The largest absolute Gasteiger partial charge is 0.306 e. The highest BCUT2D eigenvalue weighted by Gasteiger charge is 2.24. The van der Waals surface area contributed by atoms with Gasteiger partial charge in [0.15, 0.2) is 0 Å². The number of hydrogen-bond donors (Lipinski definition) is 1. The Labute approximate surface area is 66.9 Å². The van der Waals surface area contributed by atoms with E-state index in [0.29, 0.717) is 12.3 Å². The summed E-state index contributed by atoms with van der Waals surface area (Å²) in [5, 5.41) is 0. The molecule has 4 nitrogen and oxygen atoms in total. The molecule has 0 amide bonds. The summed E-state index contributed by atoms with van der Waals surface area (Å²) in [6, 6.07) is 0. The maximum Gasteiger partial charge on any atom is 0.264 e. The molecule has 0 aliphatic carbocycles. The van der Waals surface area contributed by atoms with Crippen molar-refractivity contribution in [3.63, 3.8) is 0 Å². The molecule has 5 heteroatoms. The maximum atomic E-state index is 10.3. The zero-order chi connectivity index (χ0) is 8.48. The predicted molar refractivity (Wildman–Crippen MR) is 42.0 cm³/mol. The molecule has 0 saturated carbocycles. The first-order valence-corrected chi connectivity index (χ1v) is 5.22. The van der Waals surface area contributed by atoms with Crippen LogP contribution in [0.15, 0.2) is 0 Å². The third kappa shape index (κ3) is 3.18. The van der Waals surface area contributed by atoms with Crippen molar-refractivity contribution in [2.75, 3.05) is 25.9 Å². The molecule has 1 saturated heterocycles.